The fourth-order valence-electron chi connectivity index (χ4n) is 5.00. The Morgan fingerprint density at radius 3 is 2.63 bits per heavy atom. The highest BCUT2D eigenvalue weighted by molar-refractivity contribution is 7.22. The molecule has 1 N–H and O–H groups in total. The van der Waals surface area contributed by atoms with Gasteiger partial charge in [0, 0.05) is 12.0 Å². The summed E-state index contributed by atoms with van der Waals surface area (Å²) in [6.07, 6.45) is 0.724. The summed E-state index contributed by atoms with van der Waals surface area (Å²) in [5, 5.41) is 11.9. The fourth-order valence-corrected chi connectivity index (χ4v) is 6.03. The van der Waals surface area contributed by atoms with Crippen molar-refractivity contribution < 1.29 is 28.9 Å². The number of aliphatic hydroxyl groups excluding tert-OH is 1. The number of thiazole rings is 1. The molecule has 2 aliphatic rings. The van der Waals surface area contributed by atoms with Gasteiger partial charge in [-0.15, -0.1) is 0 Å². The number of hydrogen-bond acceptors (Lipinski definition) is 8. The standard InChI is InChI=1S/C29H24N2O6S/c1-15-11-18-12-17(7-10-22(18)37-15)26(32)24-25(16-5-4-6-19(13-16)35-2)31(28(34)27(24)33)29-30-21-9-8-20(36-3)14-23(21)38-29/h4-10,12-15,25,32H,11H2,1-3H3/t15-,25+/m0/s1. The number of ether oxygens (including phenoxy) is 3. The molecule has 2 atom stereocenters. The van der Waals surface area contributed by atoms with Crippen LogP contribution in [0.1, 0.15) is 29.7 Å². The van der Waals surface area contributed by atoms with E-state index in [1.165, 1.54) is 16.2 Å². The number of carbonyl (C=O) groups excluding carboxylic acids is 2. The molecule has 6 rings (SSSR count). The second-order valence-corrected chi connectivity index (χ2v) is 10.2. The summed E-state index contributed by atoms with van der Waals surface area (Å²) < 4.78 is 17.3. The number of benzene rings is 3. The Morgan fingerprint density at radius 2 is 1.84 bits per heavy atom. The van der Waals surface area contributed by atoms with Crippen LogP contribution in [-0.4, -0.2) is 42.1 Å². The van der Waals surface area contributed by atoms with Gasteiger partial charge in [-0.1, -0.05) is 23.5 Å². The van der Waals surface area contributed by atoms with Crippen molar-refractivity contribution in [1.29, 1.82) is 0 Å². The van der Waals surface area contributed by atoms with Crippen LogP contribution in [-0.2, 0) is 16.0 Å². The minimum Gasteiger partial charge on any atom is -0.507 e. The Labute approximate surface area is 222 Å². The highest BCUT2D eigenvalue weighted by atomic mass is 32.1. The molecule has 192 valence electrons. The highest BCUT2D eigenvalue weighted by Crippen LogP contribution is 2.45. The Bertz CT molecular complexity index is 1640. The minimum absolute atomic E-state index is 0.00740. The number of rotatable bonds is 5. The van der Waals surface area contributed by atoms with E-state index in [2.05, 4.69) is 4.98 Å². The Hall–Kier alpha value is -4.37. The third-order valence-electron chi connectivity index (χ3n) is 6.81. The number of hydrogen-bond donors (Lipinski definition) is 1. The third kappa shape index (κ3) is 3.86. The number of carbonyl (C=O) groups is 2. The quantitative estimate of drug-likeness (QED) is 0.214. The molecule has 1 fully saturated rings. The number of Topliss-reactive ketones (excluding diaryl/α,β-unsaturated/α-hetero) is 1. The zero-order valence-electron chi connectivity index (χ0n) is 20.9. The van der Waals surface area contributed by atoms with E-state index in [0.717, 1.165) is 16.0 Å². The van der Waals surface area contributed by atoms with E-state index in [9.17, 15) is 14.7 Å². The van der Waals surface area contributed by atoms with Gasteiger partial charge in [0.1, 0.15) is 29.1 Å². The molecule has 2 aliphatic heterocycles. The van der Waals surface area contributed by atoms with Gasteiger partial charge >= 0.3 is 5.91 Å². The van der Waals surface area contributed by atoms with Crippen LogP contribution in [0.5, 0.6) is 17.2 Å². The van der Waals surface area contributed by atoms with Crippen molar-refractivity contribution in [1.82, 2.24) is 4.98 Å². The largest absolute Gasteiger partial charge is 0.507 e. The normalized spacial score (nSPS) is 20.0. The van der Waals surface area contributed by atoms with Crippen LogP contribution >= 0.6 is 11.3 Å². The van der Waals surface area contributed by atoms with Crippen molar-refractivity contribution >= 4 is 44.1 Å². The molecule has 1 aromatic heterocycles. The van der Waals surface area contributed by atoms with E-state index in [1.54, 1.807) is 62.8 Å². The number of fused-ring (bicyclic) bond motifs is 2. The molecule has 1 saturated heterocycles. The van der Waals surface area contributed by atoms with Gasteiger partial charge in [0.15, 0.2) is 5.13 Å². The molecule has 9 heteroatoms. The number of aromatic nitrogens is 1. The first-order valence-electron chi connectivity index (χ1n) is 12.1. The number of anilines is 1. The van der Waals surface area contributed by atoms with Crippen LogP contribution in [0.25, 0.3) is 16.0 Å². The average Bonchev–Trinajstić information content (AvgIpc) is 3.59. The van der Waals surface area contributed by atoms with E-state index in [-0.39, 0.29) is 17.4 Å². The van der Waals surface area contributed by atoms with Crippen LogP contribution in [0, 0.1) is 0 Å². The van der Waals surface area contributed by atoms with E-state index in [0.29, 0.717) is 39.7 Å². The van der Waals surface area contributed by atoms with Gasteiger partial charge in [-0.3, -0.25) is 14.5 Å². The van der Waals surface area contributed by atoms with Crippen molar-refractivity contribution in [3.8, 4) is 17.2 Å². The lowest BCUT2D eigenvalue weighted by molar-refractivity contribution is -0.132. The summed E-state index contributed by atoms with van der Waals surface area (Å²) in [5.41, 5.74) is 2.66. The monoisotopic (exact) mass is 528 g/mol. The van der Waals surface area contributed by atoms with Gasteiger partial charge in [0.05, 0.1) is 36.1 Å². The Balaban J connectivity index is 1.53. The lowest BCUT2D eigenvalue weighted by atomic mass is 9.94. The predicted molar refractivity (Wildman–Crippen MR) is 144 cm³/mol. The molecule has 0 unspecified atom stereocenters. The van der Waals surface area contributed by atoms with Gasteiger partial charge in [-0.05, 0) is 66.6 Å². The lowest BCUT2D eigenvalue weighted by Gasteiger charge is -2.23. The maximum absolute atomic E-state index is 13.5. The highest BCUT2D eigenvalue weighted by Gasteiger charge is 2.48. The molecule has 0 saturated carbocycles. The van der Waals surface area contributed by atoms with Crippen molar-refractivity contribution in [2.45, 2.75) is 25.5 Å². The first-order chi connectivity index (χ1) is 18.4. The number of nitrogens with zero attached hydrogens (tertiary/aromatic N) is 2. The molecule has 1 amide bonds. The van der Waals surface area contributed by atoms with Crippen LogP contribution < -0.4 is 19.1 Å². The van der Waals surface area contributed by atoms with Gasteiger partial charge < -0.3 is 19.3 Å². The molecule has 4 aromatic rings. The van der Waals surface area contributed by atoms with Crippen molar-refractivity contribution in [3.05, 3.63) is 82.9 Å². The Kier molecular flexibility index (Phi) is 5.80. The molecule has 0 spiro atoms. The summed E-state index contributed by atoms with van der Waals surface area (Å²) in [6.45, 7) is 1.97. The van der Waals surface area contributed by atoms with Crippen LogP contribution in [0.15, 0.2) is 66.2 Å². The maximum Gasteiger partial charge on any atom is 0.301 e. The van der Waals surface area contributed by atoms with Crippen LogP contribution in [0.2, 0.25) is 0 Å². The minimum atomic E-state index is -0.906. The molecule has 3 aromatic carbocycles. The Morgan fingerprint density at radius 1 is 1.05 bits per heavy atom. The van der Waals surface area contributed by atoms with E-state index >= 15 is 0 Å². The van der Waals surface area contributed by atoms with Crippen molar-refractivity contribution in [2.24, 2.45) is 0 Å². The second-order valence-electron chi connectivity index (χ2n) is 9.23. The van der Waals surface area contributed by atoms with Gasteiger partial charge in [-0.25, -0.2) is 4.98 Å². The van der Waals surface area contributed by atoms with Crippen LogP contribution in [0.4, 0.5) is 5.13 Å². The molecule has 0 aliphatic carbocycles. The summed E-state index contributed by atoms with van der Waals surface area (Å²) >= 11 is 1.27. The van der Waals surface area contributed by atoms with E-state index in [4.69, 9.17) is 14.2 Å². The number of ketones is 1. The van der Waals surface area contributed by atoms with E-state index < -0.39 is 17.7 Å². The maximum atomic E-state index is 13.5. The molecule has 8 nitrogen and oxygen atoms in total. The van der Waals surface area contributed by atoms with Gasteiger partial charge in [-0.2, -0.15) is 0 Å². The lowest BCUT2D eigenvalue weighted by Crippen LogP contribution is -2.29. The van der Waals surface area contributed by atoms with Gasteiger partial charge in [0.25, 0.3) is 5.78 Å². The molecular weight excluding hydrogens is 504 g/mol. The summed E-state index contributed by atoms with van der Waals surface area (Å²) in [7, 11) is 3.13. The second kappa shape index (κ2) is 9.18. The first kappa shape index (κ1) is 24.0. The topological polar surface area (TPSA) is 98.2 Å². The number of aliphatic hydroxyl groups is 1. The average molecular weight is 529 g/mol. The predicted octanol–water partition coefficient (Wildman–Crippen LogP) is 5.26. The number of methoxy groups -OCH3 is 2. The first-order valence-corrected chi connectivity index (χ1v) is 12.9. The molecule has 38 heavy (non-hydrogen) atoms. The molecule has 0 radical (unpaired) electrons. The fraction of sp³-hybridized carbons (Fsp3) is 0.207. The SMILES string of the molecule is COc1cccc([C@@H]2C(=C(O)c3ccc4c(c3)C[C@H](C)O4)C(=O)C(=O)N2c2nc3ccc(OC)cc3s2)c1. The molecule has 0 bridgehead atoms. The molecule has 3 heterocycles. The van der Waals surface area contributed by atoms with Gasteiger partial charge in [0.2, 0.25) is 0 Å². The van der Waals surface area contributed by atoms with Crippen molar-refractivity contribution in [3.63, 3.8) is 0 Å². The summed E-state index contributed by atoms with van der Waals surface area (Å²) in [5.74, 6) is 0.188. The zero-order valence-corrected chi connectivity index (χ0v) is 21.7. The van der Waals surface area contributed by atoms with Crippen LogP contribution in [0.3, 0.4) is 0 Å². The number of amides is 1. The third-order valence-corrected chi connectivity index (χ3v) is 7.83. The molecular formula is C29H24N2O6S. The summed E-state index contributed by atoms with van der Waals surface area (Å²) in [4.78, 5) is 33.1. The summed E-state index contributed by atoms with van der Waals surface area (Å²) in [6, 6.07) is 16.9. The zero-order chi connectivity index (χ0) is 26.6. The van der Waals surface area contributed by atoms with Crippen molar-refractivity contribution in [2.75, 3.05) is 19.1 Å². The van der Waals surface area contributed by atoms with E-state index in [1.807, 2.05) is 19.1 Å². The smallest absolute Gasteiger partial charge is 0.301 e.